The predicted molar refractivity (Wildman–Crippen MR) is 60.1 cm³/mol. The number of carboxylic acids is 1. The van der Waals surface area contributed by atoms with Gasteiger partial charge in [-0.25, -0.2) is 4.79 Å². The van der Waals surface area contributed by atoms with Gasteiger partial charge in [-0.2, -0.15) is 5.26 Å². The third-order valence-corrected chi connectivity index (χ3v) is 2.87. The summed E-state index contributed by atoms with van der Waals surface area (Å²) in [5.41, 5.74) is -2.06. The van der Waals surface area contributed by atoms with Crippen LogP contribution in [0.5, 0.6) is 0 Å². The van der Waals surface area contributed by atoms with Crippen molar-refractivity contribution in [3.63, 3.8) is 0 Å². The topological polar surface area (TPSA) is 93.5 Å². The second-order valence-corrected chi connectivity index (χ2v) is 5.45. The summed E-state index contributed by atoms with van der Waals surface area (Å²) in [6.07, 6.45) is -0.330. The van der Waals surface area contributed by atoms with E-state index >= 15 is 0 Å². The zero-order chi connectivity index (χ0) is 14.0. The molecule has 0 aromatic heterocycles. The SMILES string of the molecule is CC(C)(C)OC(=O)N1CCC(C#N)(C(=O)[O-])CC1. The number of hydrogen-bond donors (Lipinski definition) is 0. The lowest BCUT2D eigenvalue weighted by molar-refractivity contribution is -0.317. The lowest BCUT2D eigenvalue weighted by Gasteiger charge is -2.38. The van der Waals surface area contributed by atoms with E-state index in [9.17, 15) is 14.7 Å². The molecule has 100 valence electrons. The van der Waals surface area contributed by atoms with Crippen molar-refractivity contribution in [3.8, 4) is 6.07 Å². The fraction of sp³-hybridized carbons (Fsp3) is 0.750. The van der Waals surface area contributed by atoms with Gasteiger partial charge in [0.15, 0.2) is 0 Å². The molecule has 0 saturated carbocycles. The zero-order valence-corrected chi connectivity index (χ0v) is 10.9. The lowest BCUT2D eigenvalue weighted by Crippen LogP contribution is -2.51. The second kappa shape index (κ2) is 4.84. The van der Waals surface area contributed by atoms with E-state index in [4.69, 9.17) is 10.00 Å². The predicted octanol–water partition coefficient (Wildman–Crippen LogP) is 0.277. The molecule has 0 aromatic carbocycles. The van der Waals surface area contributed by atoms with Crippen molar-refractivity contribution in [2.45, 2.75) is 39.2 Å². The van der Waals surface area contributed by atoms with Crippen molar-refractivity contribution in [1.82, 2.24) is 4.90 Å². The zero-order valence-electron chi connectivity index (χ0n) is 10.9. The van der Waals surface area contributed by atoms with Crippen LogP contribution in [0, 0.1) is 16.7 Å². The second-order valence-electron chi connectivity index (χ2n) is 5.45. The number of piperidine rings is 1. The van der Waals surface area contributed by atoms with Crippen LogP contribution in [0.2, 0.25) is 0 Å². The summed E-state index contributed by atoms with van der Waals surface area (Å²) in [4.78, 5) is 24.1. The summed E-state index contributed by atoms with van der Waals surface area (Å²) in [7, 11) is 0. The first kappa shape index (κ1) is 14.3. The number of ether oxygens (including phenoxy) is 1. The minimum absolute atomic E-state index is 0.0745. The minimum Gasteiger partial charge on any atom is -0.548 e. The molecule has 1 rings (SSSR count). The molecule has 6 heteroatoms. The van der Waals surface area contributed by atoms with Crippen LogP contribution in [0.15, 0.2) is 0 Å². The van der Waals surface area contributed by atoms with Crippen molar-refractivity contribution in [1.29, 1.82) is 5.26 Å². The first-order chi connectivity index (χ1) is 8.20. The molecule has 1 heterocycles. The molecule has 6 nitrogen and oxygen atoms in total. The Kier molecular flexibility index (Phi) is 3.85. The minimum atomic E-state index is -1.47. The van der Waals surface area contributed by atoms with E-state index in [1.165, 1.54) is 4.90 Å². The van der Waals surface area contributed by atoms with E-state index in [1.807, 2.05) is 0 Å². The van der Waals surface area contributed by atoms with Gasteiger partial charge in [-0.05, 0) is 33.6 Å². The molecular formula is C12H17N2O4-. The van der Waals surface area contributed by atoms with E-state index in [0.717, 1.165) is 0 Å². The summed E-state index contributed by atoms with van der Waals surface area (Å²) in [5.74, 6) is -1.37. The molecule has 0 unspecified atom stereocenters. The molecule has 0 atom stereocenters. The van der Waals surface area contributed by atoms with E-state index < -0.39 is 23.1 Å². The highest BCUT2D eigenvalue weighted by atomic mass is 16.6. The Bertz CT molecular complexity index is 384. The molecule has 18 heavy (non-hydrogen) atoms. The summed E-state index contributed by atoms with van der Waals surface area (Å²) >= 11 is 0. The van der Waals surface area contributed by atoms with Gasteiger partial charge in [-0.15, -0.1) is 0 Å². The van der Waals surface area contributed by atoms with Gasteiger partial charge in [0.05, 0.1) is 17.5 Å². The van der Waals surface area contributed by atoms with Crippen LogP contribution in [0.25, 0.3) is 0 Å². The van der Waals surface area contributed by atoms with Gasteiger partial charge in [0.25, 0.3) is 0 Å². The molecule has 0 N–H and O–H groups in total. The first-order valence-electron chi connectivity index (χ1n) is 5.81. The molecule has 1 aliphatic heterocycles. The smallest absolute Gasteiger partial charge is 0.410 e. The fourth-order valence-corrected chi connectivity index (χ4v) is 1.76. The molecule has 0 spiro atoms. The number of aliphatic carboxylic acids is 1. The van der Waals surface area contributed by atoms with Crippen molar-refractivity contribution in [2.75, 3.05) is 13.1 Å². The molecule has 0 aromatic rings. The maximum atomic E-state index is 11.7. The van der Waals surface area contributed by atoms with E-state index in [0.29, 0.717) is 0 Å². The van der Waals surface area contributed by atoms with E-state index in [1.54, 1.807) is 26.8 Å². The molecule has 0 radical (unpaired) electrons. The molecule has 1 fully saturated rings. The van der Waals surface area contributed by atoms with Gasteiger partial charge in [0.1, 0.15) is 5.60 Å². The Labute approximate surface area is 106 Å². The average molecular weight is 253 g/mol. The number of carboxylic acid groups (broad SMARTS) is 1. The highest BCUT2D eigenvalue weighted by molar-refractivity contribution is 5.77. The van der Waals surface area contributed by atoms with Gasteiger partial charge in [-0.1, -0.05) is 0 Å². The lowest BCUT2D eigenvalue weighted by atomic mass is 9.80. The number of amides is 1. The maximum absolute atomic E-state index is 11.7. The number of nitrogens with zero attached hydrogens (tertiary/aromatic N) is 2. The summed E-state index contributed by atoms with van der Waals surface area (Å²) in [6, 6.07) is 1.78. The maximum Gasteiger partial charge on any atom is 0.410 e. The van der Waals surface area contributed by atoms with Crippen LogP contribution < -0.4 is 5.11 Å². The highest BCUT2D eigenvalue weighted by Crippen LogP contribution is 2.30. The normalized spacial score (nSPS) is 18.9. The Balaban J connectivity index is 2.62. The number of hydrogen-bond acceptors (Lipinski definition) is 5. The van der Waals surface area contributed by atoms with Gasteiger partial charge in [0, 0.05) is 13.1 Å². The fourth-order valence-electron chi connectivity index (χ4n) is 1.76. The Morgan fingerprint density at radius 1 is 1.33 bits per heavy atom. The van der Waals surface area contributed by atoms with Crippen LogP contribution >= 0.6 is 0 Å². The van der Waals surface area contributed by atoms with E-state index in [-0.39, 0.29) is 25.9 Å². The van der Waals surface area contributed by atoms with Gasteiger partial charge in [0.2, 0.25) is 0 Å². The summed E-state index contributed by atoms with van der Waals surface area (Å²) in [6.45, 7) is 5.66. The monoisotopic (exact) mass is 253 g/mol. The Morgan fingerprint density at radius 3 is 2.17 bits per heavy atom. The van der Waals surface area contributed by atoms with Gasteiger partial charge >= 0.3 is 6.09 Å². The third kappa shape index (κ3) is 3.13. The number of carbonyl (C=O) groups excluding carboxylic acids is 2. The quantitative estimate of drug-likeness (QED) is 0.669. The largest absolute Gasteiger partial charge is 0.548 e. The number of nitriles is 1. The van der Waals surface area contributed by atoms with Crippen molar-refractivity contribution < 1.29 is 19.4 Å². The molecular weight excluding hydrogens is 236 g/mol. The third-order valence-electron chi connectivity index (χ3n) is 2.87. The average Bonchev–Trinajstić information content (AvgIpc) is 2.26. The number of likely N-dealkylation sites (tertiary alicyclic amines) is 1. The molecule has 0 aliphatic carbocycles. The summed E-state index contributed by atoms with van der Waals surface area (Å²) < 4.78 is 5.18. The van der Waals surface area contributed by atoms with Gasteiger partial charge in [-0.3, -0.25) is 0 Å². The van der Waals surface area contributed by atoms with E-state index in [2.05, 4.69) is 0 Å². The molecule has 1 aliphatic rings. The molecule has 1 amide bonds. The molecule has 1 saturated heterocycles. The summed E-state index contributed by atoms with van der Waals surface area (Å²) in [5, 5.41) is 19.9. The van der Waals surface area contributed by atoms with Crippen LogP contribution in [-0.2, 0) is 9.53 Å². The molecule has 0 bridgehead atoms. The highest BCUT2D eigenvalue weighted by Gasteiger charge is 2.38. The van der Waals surface area contributed by atoms with Crippen LogP contribution in [0.4, 0.5) is 4.79 Å². The first-order valence-corrected chi connectivity index (χ1v) is 5.81. The van der Waals surface area contributed by atoms with Crippen molar-refractivity contribution in [2.24, 2.45) is 5.41 Å². The van der Waals surface area contributed by atoms with Crippen LogP contribution in [0.1, 0.15) is 33.6 Å². The van der Waals surface area contributed by atoms with Crippen molar-refractivity contribution in [3.05, 3.63) is 0 Å². The Hall–Kier alpha value is -1.77. The van der Waals surface area contributed by atoms with Crippen molar-refractivity contribution >= 4 is 12.1 Å². The van der Waals surface area contributed by atoms with Crippen LogP contribution in [-0.4, -0.2) is 35.7 Å². The van der Waals surface area contributed by atoms with Crippen LogP contribution in [0.3, 0.4) is 0 Å². The van der Waals surface area contributed by atoms with Gasteiger partial charge < -0.3 is 19.5 Å². The number of rotatable bonds is 1. The Morgan fingerprint density at radius 2 is 1.83 bits per heavy atom. The number of carbonyl (C=O) groups is 2. The standard InChI is InChI=1S/C12H18N2O4/c1-11(2,3)18-10(17)14-6-4-12(8-13,5-7-14)9(15)16/h4-7H2,1-3H3,(H,15,16)/p-1.